The van der Waals surface area contributed by atoms with Crippen molar-refractivity contribution in [2.45, 2.75) is 168 Å². The van der Waals surface area contributed by atoms with Crippen molar-refractivity contribution in [3.05, 3.63) is 100 Å². The van der Waals surface area contributed by atoms with Gasteiger partial charge in [-0.3, -0.25) is 33.6 Å². The lowest BCUT2D eigenvalue weighted by atomic mass is 9.83. The summed E-state index contributed by atoms with van der Waals surface area (Å²) in [5.74, 6) is -2.39. The van der Waals surface area contributed by atoms with E-state index in [0.29, 0.717) is 5.69 Å². The van der Waals surface area contributed by atoms with E-state index in [-0.39, 0.29) is 80.0 Å². The summed E-state index contributed by atoms with van der Waals surface area (Å²) < 4.78 is 0. The zero-order chi connectivity index (χ0) is 53.6. The Bertz CT molecular complexity index is 2570. The summed E-state index contributed by atoms with van der Waals surface area (Å²) in [6.45, 7) is 14.7. The molecule has 0 saturated carbocycles. The topological polar surface area (TPSA) is 222 Å². The standard InChI is InChI=1S/C57H80N10O7/c1-33(58-9)50(69)64-48(56(3,4)5)54(73)66-31-38-27-39(26-25-37(38)28-45(66)52(71)62-43-23-15-19-35-17-11-13-21-41(35)43)60-30-47(68)61-40-29-46(53(72)63-44-24-16-20-36-18-12-14-22-42(36)44)67(32-40)55(74)49(57(6,7)8)65-51(70)34(2)59-10/h11-14,17-18,21-22,25-27,33-34,40,43-46,48-49,58-60H,15-16,19-20,23-24,28-32H2,1-10H3,(H,61,68)(H,62,71)(H,63,72)(H,64,69)(H,65,70)/t33-,34-,40-,43+,44+,45-,46-,48?,49+/m0/s1. The molecule has 3 aromatic rings. The third-order valence-electron chi connectivity index (χ3n) is 15.5. The smallest absolute Gasteiger partial charge is 0.246 e. The van der Waals surface area contributed by atoms with Gasteiger partial charge in [0.25, 0.3) is 0 Å². The maximum absolute atomic E-state index is 14.9. The number of aryl methyl sites for hydroxylation is 2. The molecule has 7 rings (SSSR count). The van der Waals surface area contributed by atoms with E-state index in [1.807, 2.05) is 90.1 Å². The van der Waals surface area contributed by atoms with E-state index in [4.69, 9.17) is 0 Å². The maximum Gasteiger partial charge on any atom is 0.246 e. The van der Waals surface area contributed by atoms with Gasteiger partial charge in [-0.2, -0.15) is 0 Å². The summed E-state index contributed by atoms with van der Waals surface area (Å²) in [4.78, 5) is 102. The van der Waals surface area contributed by atoms with Gasteiger partial charge < -0.3 is 52.3 Å². The number of nitrogens with one attached hydrogen (secondary N) is 8. The molecular weight excluding hydrogens is 937 g/mol. The number of likely N-dealkylation sites (tertiary alicyclic amines) is 1. The predicted molar refractivity (Wildman–Crippen MR) is 285 cm³/mol. The van der Waals surface area contributed by atoms with Crippen LogP contribution in [0.5, 0.6) is 0 Å². The van der Waals surface area contributed by atoms with Gasteiger partial charge in [0.1, 0.15) is 24.2 Å². The minimum absolute atomic E-state index is 0.0581. The number of carbonyl (C=O) groups excluding carboxylic acids is 7. The van der Waals surface area contributed by atoms with Crippen LogP contribution in [-0.4, -0.2) is 121 Å². The van der Waals surface area contributed by atoms with Crippen molar-refractivity contribution < 1.29 is 33.6 Å². The van der Waals surface area contributed by atoms with Gasteiger partial charge in [0, 0.05) is 31.2 Å². The molecule has 7 amide bonds. The van der Waals surface area contributed by atoms with Gasteiger partial charge in [0.2, 0.25) is 41.4 Å². The van der Waals surface area contributed by atoms with Crippen LogP contribution in [-0.2, 0) is 59.4 Å². The van der Waals surface area contributed by atoms with Crippen LogP contribution in [0.3, 0.4) is 0 Å². The Labute approximate surface area is 437 Å². The molecule has 2 aliphatic heterocycles. The normalized spacial score (nSPS) is 22.1. The predicted octanol–water partition coefficient (Wildman–Crippen LogP) is 4.10. The van der Waals surface area contributed by atoms with Gasteiger partial charge in [-0.05, 0) is 129 Å². The van der Waals surface area contributed by atoms with Gasteiger partial charge in [0.05, 0.1) is 30.7 Å². The third kappa shape index (κ3) is 12.9. The maximum atomic E-state index is 14.9. The van der Waals surface area contributed by atoms with Crippen LogP contribution in [0.2, 0.25) is 0 Å². The molecule has 2 heterocycles. The number of benzene rings is 3. The summed E-state index contributed by atoms with van der Waals surface area (Å²) in [7, 11) is 3.35. The second-order valence-corrected chi connectivity index (χ2v) is 23.0. The average molecular weight is 1020 g/mol. The Hall–Kier alpha value is -6.33. The molecule has 8 N–H and O–H groups in total. The second-order valence-electron chi connectivity index (χ2n) is 23.0. The fourth-order valence-electron chi connectivity index (χ4n) is 10.8. The van der Waals surface area contributed by atoms with Crippen molar-refractivity contribution in [2.75, 3.05) is 32.5 Å². The highest BCUT2D eigenvalue weighted by atomic mass is 16.2. The van der Waals surface area contributed by atoms with Crippen LogP contribution in [0.1, 0.15) is 133 Å². The SMILES string of the molecule is CN[C@@H](C)C(=O)NC(C(=O)N1Cc2cc(NCC(=O)N[C@H]3C[C@@H](C(=O)N[C@@H]4CCCc5ccccc54)N(C(=O)[C@@H](NC(=O)[C@H](C)NC)C(C)(C)C)C3)ccc2C[C@H]1C(=O)N[C@@H]1CCCc2ccccc21)C(C)(C)C. The summed E-state index contributed by atoms with van der Waals surface area (Å²) in [6.07, 6.45) is 5.64. The number of hydrogen-bond acceptors (Lipinski definition) is 10. The summed E-state index contributed by atoms with van der Waals surface area (Å²) >= 11 is 0. The molecule has 400 valence electrons. The number of likely N-dealkylation sites (N-methyl/N-ethyl adjacent to an activating group) is 2. The molecule has 1 unspecified atom stereocenters. The van der Waals surface area contributed by atoms with Crippen molar-refractivity contribution in [1.29, 1.82) is 0 Å². The van der Waals surface area contributed by atoms with Crippen LogP contribution in [0, 0.1) is 10.8 Å². The Balaban J connectivity index is 1.08. The minimum atomic E-state index is -0.956. The largest absolute Gasteiger partial charge is 0.376 e. The second kappa shape index (κ2) is 23.5. The van der Waals surface area contributed by atoms with E-state index in [0.717, 1.165) is 60.8 Å². The van der Waals surface area contributed by atoms with Gasteiger partial charge in [-0.15, -0.1) is 0 Å². The number of fused-ring (bicyclic) bond motifs is 3. The fourth-order valence-corrected chi connectivity index (χ4v) is 10.8. The molecule has 0 radical (unpaired) electrons. The number of nitrogens with zero attached hydrogens (tertiary/aromatic N) is 2. The van der Waals surface area contributed by atoms with Crippen LogP contribution in [0.25, 0.3) is 0 Å². The average Bonchev–Trinajstić information content (AvgIpc) is 3.80. The number of rotatable bonds is 16. The van der Waals surface area contributed by atoms with Gasteiger partial charge in [-0.1, -0.05) is 96.1 Å². The molecular formula is C57H80N10O7. The van der Waals surface area contributed by atoms with Crippen LogP contribution in [0.4, 0.5) is 5.69 Å². The van der Waals surface area contributed by atoms with Crippen molar-refractivity contribution in [3.63, 3.8) is 0 Å². The highest BCUT2D eigenvalue weighted by molar-refractivity contribution is 5.95. The summed E-state index contributed by atoms with van der Waals surface area (Å²) in [6, 6.07) is 16.1. The molecule has 4 aliphatic rings. The molecule has 0 aromatic heterocycles. The summed E-state index contributed by atoms with van der Waals surface area (Å²) in [5.41, 5.74) is 5.41. The number of amides is 7. The van der Waals surface area contributed by atoms with Gasteiger partial charge in [-0.25, -0.2) is 0 Å². The molecule has 2 aliphatic carbocycles. The molecule has 17 nitrogen and oxygen atoms in total. The van der Waals surface area contributed by atoms with E-state index in [1.165, 1.54) is 16.0 Å². The Morgan fingerprint density at radius 2 is 1.11 bits per heavy atom. The van der Waals surface area contributed by atoms with Crippen molar-refractivity contribution >= 4 is 47.0 Å². The van der Waals surface area contributed by atoms with E-state index < -0.39 is 59.0 Å². The van der Waals surface area contributed by atoms with E-state index >= 15 is 0 Å². The van der Waals surface area contributed by atoms with Gasteiger partial charge >= 0.3 is 0 Å². The first-order valence-corrected chi connectivity index (χ1v) is 26.6. The zero-order valence-corrected chi connectivity index (χ0v) is 45.1. The number of anilines is 1. The first kappa shape index (κ1) is 55.4. The molecule has 1 fully saturated rings. The third-order valence-corrected chi connectivity index (χ3v) is 15.5. The Kier molecular flexibility index (Phi) is 17.6. The van der Waals surface area contributed by atoms with Crippen LogP contribution in [0.15, 0.2) is 66.7 Å². The first-order chi connectivity index (χ1) is 35.1. The Morgan fingerprint density at radius 3 is 1.62 bits per heavy atom. The molecule has 3 aromatic carbocycles. The molecule has 17 heteroatoms. The fraction of sp³-hybridized carbons (Fsp3) is 0.561. The summed E-state index contributed by atoms with van der Waals surface area (Å²) in [5, 5.41) is 24.6. The molecule has 0 bridgehead atoms. The molecule has 1 saturated heterocycles. The molecule has 9 atom stereocenters. The van der Waals surface area contributed by atoms with Crippen molar-refractivity contribution in [1.82, 2.24) is 47.0 Å². The Morgan fingerprint density at radius 1 is 0.608 bits per heavy atom. The van der Waals surface area contributed by atoms with E-state index in [1.54, 1.807) is 32.8 Å². The van der Waals surface area contributed by atoms with E-state index in [2.05, 4.69) is 60.7 Å². The minimum Gasteiger partial charge on any atom is -0.376 e. The zero-order valence-electron chi connectivity index (χ0n) is 45.1. The van der Waals surface area contributed by atoms with Gasteiger partial charge in [0.15, 0.2) is 0 Å². The number of carbonyl (C=O) groups is 7. The van der Waals surface area contributed by atoms with Crippen LogP contribution >= 0.6 is 0 Å². The quantitative estimate of drug-likeness (QED) is 0.103. The van der Waals surface area contributed by atoms with E-state index in [9.17, 15) is 33.6 Å². The first-order valence-electron chi connectivity index (χ1n) is 26.6. The lowest BCUT2D eigenvalue weighted by Crippen LogP contribution is -2.62. The van der Waals surface area contributed by atoms with Crippen LogP contribution < -0.4 is 42.5 Å². The lowest BCUT2D eigenvalue weighted by Gasteiger charge is -2.42. The highest BCUT2D eigenvalue weighted by Gasteiger charge is 2.47. The molecule has 0 spiro atoms. The van der Waals surface area contributed by atoms with Crippen molar-refractivity contribution in [2.24, 2.45) is 10.8 Å². The highest BCUT2D eigenvalue weighted by Crippen LogP contribution is 2.35. The van der Waals surface area contributed by atoms with Crippen molar-refractivity contribution in [3.8, 4) is 0 Å². The lowest BCUT2D eigenvalue weighted by molar-refractivity contribution is -0.147. The molecule has 74 heavy (non-hydrogen) atoms. The number of hydrogen-bond donors (Lipinski definition) is 8. The monoisotopic (exact) mass is 1020 g/mol.